The highest BCUT2D eigenvalue weighted by atomic mass is 35.5. The lowest BCUT2D eigenvalue weighted by molar-refractivity contribution is -0.349. The van der Waals surface area contributed by atoms with E-state index in [-0.39, 0.29) is 0 Å². The normalized spacial score (nSPS) is 26.5. The molecule has 2 aromatic carbocycles. The van der Waals surface area contributed by atoms with Gasteiger partial charge in [0.05, 0.1) is 13.2 Å². The monoisotopic (exact) mass is 618 g/mol. The van der Waals surface area contributed by atoms with Crippen LogP contribution in [0.15, 0.2) is 42.5 Å². The van der Waals surface area contributed by atoms with E-state index in [1.54, 1.807) is 12.1 Å². The number of halogens is 1. The third-order valence-electron chi connectivity index (χ3n) is 8.07. The van der Waals surface area contributed by atoms with Crippen LogP contribution in [0.25, 0.3) is 0 Å². The standard InChI is InChI=1S/C34H47ClO8/c1-5-9-18-39-29-30(40-19-10-6-2)33(23-36)32(37)42-34(43-33,31(29)41-20-11-7-3)26-14-17-28(35)25(22-26)21-24-12-15-27(16-13-24)38-8-4/h12-17,22,29-31,36H,5-11,18-21,23H2,1-4H3/t29-,30-,31+,33+,34-/m0/s1. The summed E-state index contributed by atoms with van der Waals surface area (Å²) in [7, 11) is 0. The molecule has 2 aromatic rings. The van der Waals surface area contributed by atoms with Gasteiger partial charge in [-0.1, -0.05) is 69.8 Å². The van der Waals surface area contributed by atoms with Crippen LogP contribution in [0, 0.1) is 0 Å². The van der Waals surface area contributed by atoms with Crippen molar-refractivity contribution < 1.29 is 38.3 Å². The van der Waals surface area contributed by atoms with E-state index in [2.05, 4.69) is 20.8 Å². The lowest BCUT2D eigenvalue weighted by Gasteiger charge is -2.48. The number of unbranched alkanes of at least 4 members (excludes halogenated alkanes) is 3. The maximum absolute atomic E-state index is 13.8. The minimum absolute atomic E-state index is 0.384. The summed E-state index contributed by atoms with van der Waals surface area (Å²) in [6, 6.07) is 13.3. The first kappa shape index (κ1) is 33.7. The molecule has 0 spiro atoms. The third kappa shape index (κ3) is 7.21. The Labute approximate surface area is 260 Å². The minimum Gasteiger partial charge on any atom is -0.494 e. The molecule has 2 aliphatic rings. The van der Waals surface area contributed by atoms with E-state index in [4.69, 9.17) is 40.0 Å². The number of fused-ring (bicyclic) bond motifs is 2. The molecule has 2 aliphatic heterocycles. The molecule has 0 amide bonds. The summed E-state index contributed by atoms with van der Waals surface area (Å²) in [5.41, 5.74) is 0.679. The van der Waals surface area contributed by atoms with Crippen LogP contribution in [0.2, 0.25) is 5.02 Å². The maximum atomic E-state index is 13.8. The zero-order chi connectivity index (χ0) is 30.9. The number of aliphatic hydroxyl groups excluding tert-OH is 1. The summed E-state index contributed by atoms with van der Waals surface area (Å²) in [5, 5.41) is 11.3. The van der Waals surface area contributed by atoms with E-state index in [9.17, 15) is 9.90 Å². The fraction of sp³-hybridized carbons (Fsp3) is 0.618. The molecule has 238 valence electrons. The number of rotatable bonds is 18. The Morgan fingerprint density at radius 3 is 2.09 bits per heavy atom. The summed E-state index contributed by atoms with van der Waals surface area (Å²) in [6.07, 6.45) is 3.24. The Balaban J connectivity index is 1.77. The van der Waals surface area contributed by atoms with Crippen LogP contribution >= 0.6 is 11.6 Å². The molecule has 43 heavy (non-hydrogen) atoms. The first-order valence-corrected chi connectivity index (χ1v) is 16.2. The van der Waals surface area contributed by atoms with Gasteiger partial charge >= 0.3 is 5.97 Å². The molecule has 9 heteroatoms. The maximum Gasteiger partial charge on any atom is 0.346 e. The van der Waals surface area contributed by atoms with Crippen molar-refractivity contribution in [1.29, 1.82) is 0 Å². The molecular weight excluding hydrogens is 572 g/mol. The number of benzene rings is 2. The van der Waals surface area contributed by atoms with Crippen LogP contribution in [-0.2, 0) is 40.7 Å². The van der Waals surface area contributed by atoms with Crippen molar-refractivity contribution in [3.05, 3.63) is 64.2 Å². The van der Waals surface area contributed by atoms with Gasteiger partial charge in [-0.15, -0.1) is 0 Å². The number of hydrogen-bond acceptors (Lipinski definition) is 8. The first-order valence-electron chi connectivity index (χ1n) is 15.8. The Hall–Kier alpha value is -2.20. The van der Waals surface area contributed by atoms with Gasteiger partial charge in [0.15, 0.2) is 6.10 Å². The van der Waals surface area contributed by atoms with Crippen molar-refractivity contribution in [3.63, 3.8) is 0 Å². The van der Waals surface area contributed by atoms with E-state index in [0.717, 1.165) is 55.4 Å². The van der Waals surface area contributed by atoms with Gasteiger partial charge in [-0.05, 0) is 68.0 Å². The van der Waals surface area contributed by atoms with Crippen molar-refractivity contribution in [1.82, 2.24) is 0 Å². The predicted octanol–water partition coefficient (Wildman–Crippen LogP) is 6.36. The Kier molecular flexibility index (Phi) is 12.3. The van der Waals surface area contributed by atoms with Gasteiger partial charge < -0.3 is 33.5 Å². The van der Waals surface area contributed by atoms with Gasteiger partial charge in [0.2, 0.25) is 5.60 Å². The zero-order valence-corrected chi connectivity index (χ0v) is 26.7. The minimum atomic E-state index is -1.76. The van der Waals surface area contributed by atoms with E-state index < -0.39 is 42.3 Å². The molecule has 2 heterocycles. The molecule has 0 aliphatic carbocycles. The highest BCUT2D eigenvalue weighted by Crippen LogP contribution is 2.53. The fourth-order valence-electron chi connectivity index (χ4n) is 5.66. The van der Waals surface area contributed by atoms with Crippen LogP contribution in [-0.4, -0.2) is 68.0 Å². The summed E-state index contributed by atoms with van der Waals surface area (Å²) in [6.45, 7) is 9.40. The molecular formula is C34H47ClO8. The van der Waals surface area contributed by atoms with E-state index in [1.807, 2.05) is 37.3 Å². The Morgan fingerprint density at radius 2 is 1.49 bits per heavy atom. The Bertz CT molecular complexity index is 1170. The van der Waals surface area contributed by atoms with Crippen LogP contribution in [0.5, 0.6) is 5.75 Å². The van der Waals surface area contributed by atoms with Crippen LogP contribution < -0.4 is 4.74 Å². The number of hydrogen-bond donors (Lipinski definition) is 1. The van der Waals surface area contributed by atoms with Crippen molar-refractivity contribution in [2.45, 2.75) is 102 Å². The van der Waals surface area contributed by atoms with E-state index >= 15 is 0 Å². The first-order chi connectivity index (χ1) is 20.9. The Morgan fingerprint density at radius 1 is 0.860 bits per heavy atom. The quantitative estimate of drug-likeness (QED) is 0.152. The van der Waals surface area contributed by atoms with Crippen molar-refractivity contribution >= 4 is 17.6 Å². The van der Waals surface area contributed by atoms with Crippen molar-refractivity contribution in [2.24, 2.45) is 0 Å². The summed E-state index contributed by atoms with van der Waals surface area (Å²) in [4.78, 5) is 13.8. The second kappa shape index (κ2) is 15.7. The van der Waals surface area contributed by atoms with Crippen LogP contribution in [0.3, 0.4) is 0 Å². The highest BCUT2D eigenvalue weighted by Gasteiger charge is 2.74. The smallest absolute Gasteiger partial charge is 0.346 e. The molecule has 0 radical (unpaired) electrons. The molecule has 2 fully saturated rings. The average molecular weight is 619 g/mol. The summed E-state index contributed by atoms with van der Waals surface area (Å²) in [5.74, 6) is -1.55. The number of esters is 1. The second-order valence-corrected chi connectivity index (χ2v) is 11.7. The zero-order valence-electron chi connectivity index (χ0n) is 25.9. The van der Waals surface area contributed by atoms with E-state index in [1.165, 1.54) is 0 Å². The predicted molar refractivity (Wildman–Crippen MR) is 164 cm³/mol. The molecule has 2 saturated heterocycles. The van der Waals surface area contributed by atoms with E-state index in [0.29, 0.717) is 43.4 Å². The number of aliphatic hydroxyl groups is 1. The van der Waals surface area contributed by atoms with Crippen molar-refractivity contribution in [3.8, 4) is 5.75 Å². The van der Waals surface area contributed by atoms with Crippen LogP contribution in [0.1, 0.15) is 82.9 Å². The van der Waals surface area contributed by atoms with Gasteiger partial charge in [0, 0.05) is 30.4 Å². The lowest BCUT2D eigenvalue weighted by Crippen LogP contribution is -2.68. The highest BCUT2D eigenvalue weighted by molar-refractivity contribution is 6.31. The number of carbonyl (C=O) groups excluding carboxylic acids is 1. The summed E-state index contributed by atoms with van der Waals surface area (Å²) < 4.78 is 37.7. The molecule has 8 nitrogen and oxygen atoms in total. The van der Waals surface area contributed by atoms with Gasteiger partial charge in [-0.25, -0.2) is 4.79 Å². The third-order valence-corrected chi connectivity index (χ3v) is 8.43. The number of carbonyl (C=O) groups is 1. The molecule has 5 atom stereocenters. The van der Waals surface area contributed by atoms with Gasteiger partial charge in [-0.2, -0.15) is 0 Å². The molecule has 0 saturated carbocycles. The summed E-state index contributed by atoms with van der Waals surface area (Å²) >= 11 is 6.71. The topological polar surface area (TPSA) is 92.7 Å². The molecule has 4 rings (SSSR count). The lowest BCUT2D eigenvalue weighted by atomic mass is 9.82. The van der Waals surface area contributed by atoms with Crippen molar-refractivity contribution in [2.75, 3.05) is 33.0 Å². The average Bonchev–Trinajstić information content (AvgIpc) is 3.28. The molecule has 0 aromatic heterocycles. The molecule has 1 N–H and O–H groups in total. The fourth-order valence-corrected chi connectivity index (χ4v) is 5.84. The second-order valence-electron chi connectivity index (χ2n) is 11.2. The largest absolute Gasteiger partial charge is 0.494 e. The van der Waals surface area contributed by atoms with Crippen LogP contribution in [0.4, 0.5) is 0 Å². The molecule has 0 unspecified atom stereocenters. The molecule has 2 bridgehead atoms. The van der Waals surface area contributed by atoms with Gasteiger partial charge in [0.25, 0.3) is 5.79 Å². The van der Waals surface area contributed by atoms with Gasteiger partial charge in [0.1, 0.15) is 18.0 Å². The number of ether oxygens (including phenoxy) is 6. The SMILES string of the molecule is CCCCO[C@@H]1[C@@H](OCCCC)[C@@]2(c3ccc(Cl)c(Cc4ccc(OCC)cc4)c3)OC(=O)[C@](CO)(O2)[C@H]1OCCCC. The van der Waals surface area contributed by atoms with Gasteiger partial charge in [-0.3, -0.25) is 0 Å².